The molecule has 0 fully saturated rings. The topological polar surface area (TPSA) is 59.1 Å². The third-order valence-electron chi connectivity index (χ3n) is 5.30. The van der Waals surface area contributed by atoms with Gasteiger partial charge in [0.1, 0.15) is 17.1 Å². The molecule has 0 aliphatic carbocycles. The number of benzene rings is 2. The summed E-state index contributed by atoms with van der Waals surface area (Å²) in [6.45, 7) is 6.88. The first-order valence-corrected chi connectivity index (χ1v) is 12.0. The lowest BCUT2D eigenvalue weighted by atomic mass is 10.1. The van der Waals surface area contributed by atoms with E-state index in [4.69, 9.17) is 4.74 Å². The lowest BCUT2D eigenvalue weighted by molar-refractivity contribution is -0.137. The summed E-state index contributed by atoms with van der Waals surface area (Å²) in [7, 11) is 0. The van der Waals surface area contributed by atoms with E-state index in [0.29, 0.717) is 23.9 Å². The number of unbranched alkanes of at least 4 members (excludes halogenated alkanes) is 3. The summed E-state index contributed by atoms with van der Waals surface area (Å²) in [5.74, 6) is 0.887. The molecular weight excluding hydrogens is 453 g/mol. The number of anilines is 4. The number of aromatic nitrogens is 2. The fourth-order valence-electron chi connectivity index (χ4n) is 3.47. The molecule has 188 valence electrons. The van der Waals surface area contributed by atoms with Crippen molar-refractivity contribution in [3.63, 3.8) is 0 Å². The minimum Gasteiger partial charge on any atom is -0.493 e. The lowest BCUT2D eigenvalue weighted by Gasteiger charge is -2.15. The molecule has 0 aliphatic rings. The van der Waals surface area contributed by atoms with Gasteiger partial charge in [-0.3, -0.25) is 0 Å². The molecule has 0 saturated carbocycles. The van der Waals surface area contributed by atoms with Crippen LogP contribution in [0.15, 0.2) is 54.7 Å². The van der Waals surface area contributed by atoms with Gasteiger partial charge in [0, 0.05) is 17.6 Å². The fraction of sp³-hybridized carbons (Fsp3) is 0.407. The normalized spacial score (nSPS) is 11.5. The smallest absolute Gasteiger partial charge is 0.421 e. The number of hydrogen-bond donors (Lipinski definition) is 2. The van der Waals surface area contributed by atoms with E-state index >= 15 is 0 Å². The van der Waals surface area contributed by atoms with Gasteiger partial charge in [-0.15, -0.1) is 0 Å². The average molecular weight is 487 g/mol. The monoisotopic (exact) mass is 486 g/mol. The first-order valence-electron chi connectivity index (χ1n) is 12.0. The number of halogens is 3. The highest BCUT2D eigenvalue weighted by molar-refractivity contribution is 5.63. The predicted molar refractivity (Wildman–Crippen MR) is 135 cm³/mol. The quantitative estimate of drug-likeness (QED) is 0.253. The molecule has 2 aromatic carbocycles. The van der Waals surface area contributed by atoms with Crippen LogP contribution in [0.5, 0.6) is 5.75 Å². The minimum absolute atomic E-state index is 0.0621. The van der Waals surface area contributed by atoms with Crippen LogP contribution in [0.2, 0.25) is 0 Å². The van der Waals surface area contributed by atoms with Crippen molar-refractivity contribution in [2.45, 2.75) is 59.1 Å². The van der Waals surface area contributed by atoms with Crippen molar-refractivity contribution >= 4 is 23.1 Å². The van der Waals surface area contributed by atoms with E-state index in [2.05, 4.69) is 41.4 Å². The molecule has 2 N–H and O–H groups in total. The van der Waals surface area contributed by atoms with Gasteiger partial charge in [0.2, 0.25) is 5.95 Å². The van der Waals surface area contributed by atoms with Crippen LogP contribution in [-0.2, 0) is 12.6 Å². The predicted octanol–water partition coefficient (Wildman–Crippen LogP) is 8.14. The third-order valence-corrected chi connectivity index (χ3v) is 5.30. The van der Waals surface area contributed by atoms with Crippen LogP contribution in [0.4, 0.5) is 36.3 Å². The molecule has 0 aliphatic heterocycles. The highest BCUT2D eigenvalue weighted by Gasteiger charge is 2.35. The highest BCUT2D eigenvalue weighted by atomic mass is 19.4. The second-order valence-corrected chi connectivity index (χ2v) is 8.94. The third kappa shape index (κ3) is 8.46. The Bertz CT molecular complexity index is 1070. The molecule has 8 heteroatoms. The Kier molecular flexibility index (Phi) is 9.34. The second-order valence-electron chi connectivity index (χ2n) is 8.94. The molecular formula is C27H33F3N4O. The van der Waals surface area contributed by atoms with Gasteiger partial charge in [-0.1, -0.05) is 52.2 Å². The Morgan fingerprint density at radius 3 is 2.40 bits per heavy atom. The maximum Gasteiger partial charge on any atom is 0.421 e. The molecule has 3 rings (SSSR count). The molecule has 3 aromatic rings. The van der Waals surface area contributed by atoms with Crippen LogP contribution < -0.4 is 15.4 Å². The van der Waals surface area contributed by atoms with E-state index in [-0.39, 0.29) is 11.8 Å². The van der Waals surface area contributed by atoms with Crippen molar-refractivity contribution in [3.05, 3.63) is 65.9 Å². The van der Waals surface area contributed by atoms with Gasteiger partial charge in [0.25, 0.3) is 0 Å². The molecule has 0 spiro atoms. The van der Waals surface area contributed by atoms with E-state index in [1.54, 1.807) is 30.3 Å². The zero-order valence-corrected chi connectivity index (χ0v) is 20.5. The summed E-state index contributed by atoms with van der Waals surface area (Å²) in [5, 5.41) is 5.82. The van der Waals surface area contributed by atoms with Crippen LogP contribution in [0, 0.1) is 5.92 Å². The summed E-state index contributed by atoms with van der Waals surface area (Å²) >= 11 is 0. The molecule has 1 aromatic heterocycles. The van der Waals surface area contributed by atoms with Gasteiger partial charge in [0.15, 0.2) is 0 Å². The summed E-state index contributed by atoms with van der Waals surface area (Å²) < 4.78 is 46.6. The first kappa shape index (κ1) is 26.3. The SMILES string of the molecule is CCCCCCc1cccc(Nc2nc(Nc3ccc(OCC(C)C)cc3)ncc2C(F)(F)F)c1. The van der Waals surface area contributed by atoms with E-state index < -0.39 is 11.7 Å². The molecule has 0 radical (unpaired) electrons. The van der Waals surface area contributed by atoms with E-state index in [1.165, 1.54) is 6.42 Å². The minimum atomic E-state index is -4.59. The number of rotatable bonds is 12. The number of ether oxygens (including phenoxy) is 1. The number of hydrogen-bond acceptors (Lipinski definition) is 5. The summed E-state index contributed by atoms with van der Waals surface area (Å²) in [6, 6.07) is 14.6. The van der Waals surface area contributed by atoms with E-state index in [9.17, 15) is 13.2 Å². The van der Waals surface area contributed by atoms with Gasteiger partial charge in [-0.2, -0.15) is 18.2 Å². The summed E-state index contributed by atoms with van der Waals surface area (Å²) in [4.78, 5) is 8.03. The largest absolute Gasteiger partial charge is 0.493 e. The Labute approximate surface area is 205 Å². The van der Waals surface area contributed by atoms with Gasteiger partial charge in [0.05, 0.1) is 6.61 Å². The number of aryl methyl sites for hydroxylation is 1. The number of nitrogens with one attached hydrogen (secondary N) is 2. The molecule has 0 unspecified atom stereocenters. The Balaban J connectivity index is 1.76. The van der Waals surface area contributed by atoms with Crippen LogP contribution in [0.3, 0.4) is 0 Å². The molecule has 35 heavy (non-hydrogen) atoms. The molecule has 0 atom stereocenters. The molecule has 0 amide bonds. The van der Waals surface area contributed by atoms with Crippen LogP contribution in [0.1, 0.15) is 57.6 Å². The van der Waals surface area contributed by atoms with Crippen LogP contribution >= 0.6 is 0 Å². The van der Waals surface area contributed by atoms with Crippen LogP contribution in [-0.4, -0.2) is 16.6 Å². The van der Waals surface area contributed by atoms with E-state index in [0.717, 1.165) is 43.2 Å². The Morgan fingerprint density at radius 2 is 1.71 bits per heavy atom. The summed E-state index contributed by atoms with van der Waals surface area (Å²) in [6.07, 6.45) is 1.61. The van der Waals surface area contributed by atoms with Crippen LogP contribution in [0.25, 0.3) is 0 Å². The standard InChI is InChI=1S/C27H33F3N4O/c1-4-5-6-7-9-20-10-8-11-22(16-20)32-25-24(27(28,29)30)17-31-26(34-25)33-21-12-14-23(15-13-21)35-18-19(2)3/h8,10-17,19H,4-7,9,18H2,1-3H3,(H2,31,32,33,34). The fourth-order valence-corrected chi connectivity index (χ4v) is 3.47. The molecule has 1 heterocycles. The van der Waals surface area contributed by atoms with Gasteiger partial charge in [-0.05, 0) is 60.7 Å². The zero-order chi connectivity index (χ0) is 25.3. The molecule has 0 bridgehead atoms. The Morgan fingerprint density at radius 1 is 0.943 bits per heavy atom. The lowest BCUT2D eigenvalue weighted by Crippen LogP contribution is -2.12. The second kappa shape index (κ2) is 12.4. The van der Waals surface area contributed by atoms with Crippen molar-refractivity contribution in [2.24, 2.45) is 5.92 Å². The Hall–Kier alpha value is -3.29. The maximum absolute atomic E-state index is 13.6. The average Bonchev–Trinajstić information content (AvgIpc) is 2.81. The van der Waals surface area contributed by atoms with Gasteiger partial charge in [-0.25, -0.2) is 4.98 Å². The number of nitrogens with zero attached hydrogens (tertiary/aromatic N) is 2. The van der Waals surface area contributed by atoms with Crippen molar-refractivity contribution in [1.29, 1.82) is 0 Å². The summed E-state index contributed by atoms with van der Waals surface area (Å²) in [5.41, 5.74) is 1.35. The van der Waals surface area contributed by atoms with Crippen molar-refractivity contribution in [3.8, 4) is 5.75 Å². The molecule has 0 saturated heterocycles. The van der Waals surface area contributed by atoms with Crippen molar-refractivity contribution in [1.82, 2.24) is 9.97 Å². The highest BCUT2D eigenvalue weighted by Crippen LogP contribution is 2.35. The van der Waals surface area contributed by atoms with E-state index in [1.807, 2.05) is 18.2 Å². The van der Waals surface area contributed by atoms with Gasteiger partial charge < -0.3 is 15.4 Å². The van der Waals surface area contributed by atoms with Gasteiger partial charge >= 0.3 is 6.18 Å². The van der Waals surface area contributed by atoms with Crippen molar-refractivity contribution < 1.29 is 17.9 Å². The zero-order valence-electron chi connectivity index (χ0n) is 20.5. The molecule has 5 nitrogen and oxygen atoms in total. The first-order chi connectivity index (χ1) is 16.7. The van der Waals surface area contributed by atoms with Crippen molar-refractivity contribution in [2.75, 3.05) is 17.2 Å². The maximum atomic E-state index is 13.6. The number of alkyl halides is 3.